The molecule has 0 saturated carbocycles. The predicted octanol–water partition coefficient (Wildman–Crippen LogP) is 3.30. The van der Waals surface area contributed by atoms with Gasteiger partial charge in [0.1, 0.15) is 5.82 Å². The van der Waals surface area contributed by atoms with Gasteiger partial charge in [-0.25, -0.2) is 4.39 Å². The van der Waals surface area contributed by atoms with E-state index in [4.69, 9.17) is 5.11 Å². The van der Waals surface area contributed by atoms with Crippen molar-refractivity contribution < 1.29 is 9.50 Å². The molecule has 4 heteroatoms. The second-order valence-corrected chi connectivity index (χ2v) is 4.57. The van der Waals surface area contributed by atoms with E-state index in [0.29, 0.717) is 0 Å². The molecule has 13 heavy (non-hydrogen) atoms. The van der Waals surface area contributed by atoms with Gasteiger partial charge in [-0.3, -0.25) is 0 Å². The summed E-state index contributed by atoms with van der Waals surface area (Å²) in [6.07, 6.45) is 0. The maximum absolute atomic E-state index is 12.9. The molecule has 0 atom stereocenters. The highest BCUT2D eigenvalue weighted by molar-refractivity contribution is 9.10. The molecule has 0 fully saturated rings. The molecule has 68 valence electrons. The Morgan fingerprint density at radius 3 is 2.92 bits per heavy atom. The topological polar surface area (TPSA) is 20.2 Å². The Morgan fingerprint density at radius 1 is 1.46 bits per heavy atom. The van der Waals surface area contributed by atoms with E-state index in [1.54, 1.807) is 6.07 Å². The maximum Gasteiger partial charge on any atom is 0.123 e. The number of hydrogen-bond donors (Lipinski definition) is 1. The van der Waals surface area contributed by atoms with Gasteiger partial charge in [0.25, 0.3) is 0 Å². The van der Waals surface area contributed by atoms with E-state index in [9.17, 15) is 4.39 Å². The minimum atomic E-state index is -0.254. The molecule has 2 rings (SSSR count). The summed E-state index contributed by atoms with van der Waals surface area (Å²) in [5.41, 5.74) is 0. The van der Waals surface area contributed by atoms with Gasteiger partial charge in [0.15, 0.2) is 0 Å². The van der Waals surface area contributed by atoms with Crippen molar-refractivity contribution >= 4 is 37.4 Å². The highest BCUT2D eigenvalue weighted by Crippen LogP contribution is 2.35. The fourth-order valence-electron chi connectivity index (χ4n) is 1.19. The predicted molar refractivity (Wildman–Crippen MR) is 55.4 cm³/mol. The third-order valence-corrected chi connectivity index (χ3v) is 4.12. The largest absolute Gasteiger partial charge is 0.391 e. The lowest BCUT2D eigenvalue weighted by Crippen LogP contribution is -1.75. The molecule has 0 radical (unpaired) electrons. The Morgan fingerprint density at radius 2 is 2.23 bits per heavy atom. The molecule has 0 aliphatic rings. The van der Waals surface area contributed by atoms with Gasteiger partial charge in [0, 0.05) is 19.4 Å². The highest BCUT2D eigenvalue weighted by Gasteiger charge is 2.08. The molecule has 0 aliphatic carbocycles. The smallest absolute Gasteiger partial charge is 0.123 e. The fraction of sp³-hybridized carbons (Fsp3) is 0.111. The van der Waals surface area contributed by atoms with Gasteiger partial charge in [0.2, 0.25) is 0 Å². The second kappa shape index (κ2) is 3.36. The summed E-state index contributed by atoms with van der Waals surface area (Å²) in [4.78, 5) is 0.834. The lowest BCUT2D eigenvalue weighted by molar-refractivity contribution is 0.285. The van der Waals surface area contributed by atoms with Crippen LogP contribution in [-0.4, -0.2) is 5.11 Å². The first kappa shape index (κ1) is 9.12. The van der Waals surface area contributed by atoms with E-state index in [1.165, 1.54) is 23.5 Å². The molecule has 1 nitrogen and oxygen atoms in total. The van der Waals surface area contributed by atoms with Gasteiger partial charge in [-0.1, -0.05) is 0 Å². The van der Waals surface area contributed by atoms with Crippen LogP contribution in [0, 0.1) is 5.82 Å². The molecule has 1 heterocycles. The van der Waals surface area contributed by atoms with Gasteiger partial charge in [-0.15, -0.1) is 11.3 Å². The standard InChI is InChI=1S/C9H6BrFOS/c10-9-6-3-5(11)1-2-7(6)13-8(9)4-12/h1-3,12H,4H2. The zero-order valence-corrected chi connectivity index (χ0v) is 8.95. The Bertz CT molecular complexity index is 452. The monoisotopic (exact) mass is 260 g/mol. The lowest BCUT2D eigenvalue weighted by atomic mass is 10.2. The Hall–Kier alpha value is -0.450. The fourth-order valence-corrected chi connectivity index (χ4v) is 2.96. The van der Waals surface area contributed by atoms with Crippen molar-refractivity contribution in [2.75, 3.05) is 0 Å². The summed E-state index contributed by atoms with van der Waals surface area (Å²) in [6.45, 7) is -0.0124. The molecular weight excluding hydrogens is 255 g/mol. The van der Waals surface area contributed by atoms with Crippen LogP contribution < -0.4 is 0 Å². The van der Waals surface area contributed by atoms with E-state index in [2.05, 4.69) is 15.9 Å². The average molecular weight is 261 g/mol. The van der Waals surface area contributed by atoms with Gasteiger partial charge in [-0.2, -0.15) is 0 Å². The molecule has 1 N–H and O–H groups in total. The molecule has 1 aromatic heterocycles. The third-order valence-electron chi connectivity index (χ3n) is 1.80. The van der Waals surface area contributed by atoms with Crippen LogP contribution in [0.4, 0.5) is 4.39 Å². The van der Waals surface area contributed by atoms with Crippen LogP contribution in [0.15, 0.2) is 22.7 Å². The summed E-state index contributed by atoms with van der Waals surface area (Å²) >= 11 is 4.80. The molecule has 0 bridgehead atoms. The first-order chi connectivity index (χ1) is 6.22. The normalized spacial score (nSPS) is 11.0. The molecule has 0 amide bonds. The lowest BCUT2D eigenvalue weighted by Gasteiger charge is -1.90. The van der Waals surface area contributed by atoms with Crippen molar-refractivity contribution in [2.24, 2.45) is 0 Å². The quantitative estimate of drug-likeness (QED) is 0.835. The molecule has 0 unspecified atom stereocenters. The van der Waals surface area contributed by atoms with E-state index in [0.717, 1.165) is 19.4 Å². The van der Waals surface area contributed by atoms with Crippen molar-refractivity contribution in [3.05, 3.63) is 33.4 Å². The molecule has 2 aromatic rings. The third kappa shape index (κ3) is 1.49. The molecular formula is C9H6BrFOS. The van der Waals surface area contributed by atoms with E-state index in [-0.39, 0.29) is 12.4 Å². The van der Waals surface area contributed by atoms with E-state index in [1.807, 2.05) is 0 Å². The number of fused-ring (bicyclic) bond motifs is 1. The molecule has 0 spiro atoms. The number of hydrogen-bond acceptors (Lipinski definition) is 2. The Balaban J connectivity index is 2.77. The first-order valence-corrected chi connectivity index (χ1v) is 5.30. The number of rotatable bonds is 1. The van der Waals surface area contributed by atoms with Crippen LogP contribution >= 0.6 is 27.3 Å². The van der Waals surface area contributed by atoms with Crippen LogP contribution in [0.25, 0.3) is 10.1 Å². The first-order valence-electron chi connectivity index (χ1n) is 3.69. The van der Waals surface area contributed by atoms with Gasteiger partial charge < -0.3 is 5.11 Å². The zero-order valence-electron chi connectivity index (χ0n) is 6.55. The summed E-state index contributed by atoms with van der Waals surface area (Å²) in [7, 11) is 0. The minimum absolute atomic E-state index is 0.0124. The highest BCUT2D eigenvalue weighted by atomic mass is 79.9. The van der Waals surface area contributed by atoms with Crippen molar-refractivity contribution in [3.63, 3.8) is 0 Å². The summed E-state index contributed by atoms with van der Waals surface area (Å²) in [6, 6.07) is 4.61. The van der Waals surface area contributed by atoms with Crippen molar-refractivity contribution in [1.82, 2.24) is 0 Å². The average Bonchev–Trinajstić information content (AvgIpc) is 2.44. The maximum atomic E-state index is 12.9. The molecule has 0 aliphatic heterocycles. The van der Waals surface area contributed by atoms with Crippen LogP contribution in [0.3, 0.4) is 0 Å². The summed E-state index contributed by atoms with van der Waals surface area (Å²) in [5, 5.41) is 9.80. The van der Waals surface area contributed by atoms with Crippen molar-refractivity contribution in [1.29, 1.82) is 0 Å². The summed E-state index contributed by atoms with van der Waals surface area (Å²) < 4.78 is 14.6. The van der Waals surface area contributed by atoms with E-state index >= 15 is 0 Å². The number of halogens is 2. The number of aliphatic hydroxyl groups excluding tert-OH is 1. The van der Waals surface area contributed by atoms with Crippen LogP contribution in [-0.2, 0) is 6.61 Å². The molecule has 0 saturated heterocycles. The van der Waals surface area contributed by atoms with E-state index < -0.39 is 0 Å². The van der Waals surface area contributed by atoms with Crippen molar-refractivity contribution in [2.45, 2.75) is 6.61 Å². The number of benzene rings is 1. The van der Waals surface area contributed by atoms with Gasteiger partial charge >= 0.3 is 0 Å². The number of thiophene rings is 1. The van der Waals surface area contributed by atoms with Crippen LogP contribution in [0.5, 0.6) is 0 Å². The van der Waals surface area contributed by atoms with Crippen LogP contribution in [0.2, 0.25) is 0 Å². The Labute approximate surface area is 86.9 Å². The summed E-state index contributed by atoms with van der Waals surface area (Å²) in [5.74, 6) is -0.254. The van der Waals surface area contributed by atoms with Crippen LogP contribution in [0.1, 0.15) is 4.88 Å². The Kier molecular flexibility index (Phi) is 2.36. The number of aliphatic hydroxyl groups is 1. The van der Waals surface area contributed by atoms with Gasteiger partial charge in [-0.05, 0) is 34.1 Å². The zero-order chi connectivity index (χ0) is 9.42. The van der Waals surface area contributed by atoms with Crippen molar-refractivity contribution in [3.8, 4) is 0 Å². The van der Waals surface area contributed by atoms with Gasteiger partial charge in [0.05, 0.1) is 6.61 Å². The molecule has 1 aromatic carbocycles. The second-order valence-electron chi connectivity index (χ2n) is 2.64. The SMILES string of the molecule is OCc1sc2ccc(F)cc2c1Br. The minimum Gasteiger partial charge on any atom is -0.391 e.